The van der Waals surface area contributed by atoms with Crippen molar-refractivity contribution in [3.05, 3.63) is 58.0 Å². The predicted molar refractivity (Wildman–Crippen MR) is 75.1 cm³/mol. The largest absolute Gasteiger partial charge is 0.464 e. The van der Waals surface area contributed by atoms with Gasteiger partial charge >= 0.3 is 0 Å². The first-order valence-electron chi connectivity index (χ1n) is 6.09. The summed E-state index contributed by atoms with van der Waals surface area (Å²) in [7, 11) is 1.95. The highest BCUT2D eigenvalue weighted by molar-refractivity contribution is 6.30. The molecule has 18 heavy (non-hydrogen) atoms. The van der Waals surface area contributed by atoms with Crippen molar-refractivity contribution >= 4 is 11.6 Å². The molecule has 1 heterocycles. The summed E-state index contributed by atoms with van der Waals surface area (Å²) >= 11 is 6.00. The summed E-state index contributed by atoms with van der Waals surface area (Å²) in [5, 5.41) is 4.06. The molecule has 1 N–H and O–H groups in total. The van der Waals surface area contributed by atoms with E-state index in [0.717, 1.165) is 23.0 Å². The van der Waals surface area contributed by atoms with E-state index in [4.69, 9.17) is 16.0 Å². The molecular formula is C15H18ClNO. The summed E-state index contributed by atoms with van der Waals surface area (Å²) < 4.78 is 5.77. The van der Waals surface area contributed by atoms with Gasteiger partial charge < -0.3 is 9.73 Å². The summed E-state index contributed by atoms with van der Waals surface area (Å²) in [5.41, 5.74) is 2.39. The fraction of sp³-hybridized carbons (Fsp3) is 0.333. The maximum absolute atomic E-state index is 6.00. The van der Waals surface area contributed by atoms with Gasteiger partial charge in [0.1, 0.15) is 11.5 Å². The number of halogens is 1. The molecule has 0 spiro atoms. The van der Waals surface area contributed by atoms with Crippen LogP contribution in [0.15, 0.2) is 34.7 Å². The van der Waals surface area contributed by atoms with Crippen LogP contribution < -0.4 is 5.32 Å². The van der Waals surface area contributed by atoms with Crippen LogP contribution in [-0.4, -0.2) is 7.05 Å². The van der Waals surface area contributed by atoms with Gasteiger partial charge in [-0.1, -0.05) is 23.7 Å². The number of benzene rings is 1. The van der Waals surface area contributed by atoms with E-state index >= 15 is 0 Å². The molecule has 0 bridgehead atoms. The minimum absolute atomic E-state index is 0.177. The summed E-state index contributed by atoms with van der Waals surface area (Å²) in [6, 6.07) is 10.2. The van der Waals surface area contributed by atoms with Crippen LogP contribution in [0.25, 0.3) is 0 Å². The van der Waals surface area contributed by atoms with Crippen LogP contribution in [0.3, 0.4) is 0 Å². The zero-order valence-corrected chi connectivity index (χ0v) is 11.7. The molecule has 1 aromatic carbocycles. The Morgan fingerprint density at radius 1 is 1.28 bits per heavy atom. The predicted octanol–water partition coefficient (Wildman–Crippen LogP) is 4.05. The lowest BCUT2D eigenvalue weighted by molar-refractivity contribution is 0.414. The molecule has 0 fully saturated rings. The van der Waals surface area contributed by atoms with Gasteiger partial charge in [0.05, 0.1) is 6.04 Å². The van der Waals surface area contributed by atoms with E-state index in [1.807, 2.05) is 32.2 Å². The highest BCUT2D eigenvalue weighted by Crippen LogP contribution is 2.24. The van der Waals surface area contributed by atoms with Crippen LogP contribution in [0, 0.1) is 13.8 Å². The van der Waals surface area contributed by atoms with Gasteiger partial charge in [-0.25, -0.2) is 0 Å². The first kappa shape index (κ1) is 13.2. The Bertz CT molecular complexity index is 514. The average molecular weight is 264 g/mol. The number of likely N-dealkylation sites (N-methyl/N-ethyl adjacent to an activating group) is 1. The fourth-order valence-corrected chi connectivity index (χ4v) is 2.23. The zero-order valence-electron chi connectivity index (χ0n) is 11.0. The number of nitrogens with one attached hydrogen (secondary N) is 1. The van der Waals surface area contributed by atoms with Crippen LogP contribution in [-0.2, 0) is 6.42 Å². The van der Waals surface area contributed by atoms with Crippen LogP contribution in [0.1, 0.15) is 28.7 Å². The second kappa shape index (κ2) is 5.59. The second-order valence-corrected chi connectivity index (χ2v) is 5.00. The molecule has 0 saturated carbocycles. The van der Waals surface area contributed by atoms with Crippen molar-refractivity contribution < 1.29 is 4.42 Å². The molecule has 0 amide bonds. The molecule has 2 nitrogen and oxygen atoms in total. The molecule has 1 aromatic heterocycles. The molecule has 0 aliphatic heterocycles. The number of hydrogen-bond acceptors (Lipinski definition) is 2. The zero-order chi connectivity index (χ0) is 13.1. The molecule has 2 aromatic rings. The van der Waals surface area contributed by atoms with E-state index in [2.05, 4.69) is 24.4 Å². The lowest BCUT2D eigenvalue weighted by atomic mass is 10.0. The second-order valence-electron chi connectivity index (χ2n) is 4.56. The van der Waals surface area contributed by atoms with Gasteiger partial charge in [-0.2, -0.15) is 0 Å². The van der Waals surface area contributed by atoms with Crippen molar-refractivity contribution in [3.8, 4) is 0 Å². The normalized spacial score (nSPS) is 12.7. The maximum Gasteiger partial charge on any atom is 0.121 e. The SMILES string of the molecule is CNC(Cc1cccc(Cl)c1)c1cc(C)c(C)o1. The number of aryl methyl sites for hydroxylation is 2. The molecule has 1 unspecified atom stereocenters. The lowest BCUT2D eigenvalue weighted by Gasteiger charge is -2.13. The molecule has 0 aliphatic rings. The van der Waals surface area contributed by atoms with Gasteiger partial charge in [-0.3, -0.25) is 0 Å². The summed E-state index contributed by atoms with van der Waals surface area (Å²) in [5.74, 6) is 1.96. The molecule has 0 saturated heterocycles. The van der Waals surface area contributed by atoms with Gasteiger partial charge in [0.25, 0.3) is 0 Å². The van der Waals surface area contributed by atoms with E-state index in [-0.39, 0.29) is 6.04 Å². The monoisotopic (exact) mass is 263 g/mol. The minimum atomic E-state index is 0.177. The Labute approximate surface area is 113 Å². The van der Waals surface area contributed by atoms with Crippen molar-refractivity contribution in [2.75, 3.05) is 7.05 Å². The Hall–Kier alpha value is -1.25. The molecule has 0 radical (unpaired) electrons. The smallest absolute Gasteiger partial charge is 0.121 e. The topological polar surface area (TPSA) is 25.2 Å². The highest BCUT2D eigenvalue weighted by Gasteiger charge is 2.15. The molecule has 3 heteroatoms. The first-order chi connectivity index (χ1) is 8.60. The third-order valence-corrected chi connectivity index (χ3v) is 3.44. The summed E-state index contributed by atoms with van der Waals surface area (Å²) in [6.45, 7) is 4.05. The Morgan fingerprint density at radius 2 is 2.06 bits per heavy atom. The van der Waals surface area contributed by atoms with Crippen molar-refractivity contribution in [2.24, 2.45) is 0 Å². The number of rotatable bonds is 4. The van der Waals surface area contributed by atoms with Crippen molar-refractivity contribution in [2.45, 2.75) is 26.3 Å². The summed E-state index contributed by atoms with van der Waals surface area (Å²) in [6.07, 6.45) is 0.865. The third kappa shape index (κ3) is 2.95. The highest BCUT2D eigenvalue weighted by atomic mass is 35.5. The van der Waals surface area contributed by atoms with Crippen LogP contribution in [0.2, 0.25) is 5.02 Å². The quantitative estimate of drug-likeness (QED) is 0.900. The molecule has 96 valence electrons. The molecule has 1 atom stereocenters. The minimum Gasteiger partial charge on any atom is -0.464 e. The van der Waals surface area contributed by atoms with E-state index in [1.165, 1.54) is 11.1 Å². The Morgan fingerprint density at radius 3 is 2.61 bits per heavy atom. The van der Waals surface area contributed by atoms with Gasteiger partial charge in [0, 0.05) is 5.02 Å². The van der Waals surface area contributed by atoms with Crippen molar-refractivity contribution in [1.82, 2.24) is 5.32 Å². The summed E-state index contributed by atoms with van der Waals surface area (Å²) in [4.78, 5) is 0. The third-order valence-electron chi connectivity index (χ3n) is 3.21. The van der Waals surface area contributed by atoms with E-state index < -0.39 is 0 Å². The number of furan rings is 1. The van der Waals surface area contributed by atoms with Gasteiger partial charge in [-0.15, -0.1) is 0 Å². The van der Waals surface area contributed by atoms with E-state index in [9.17, 15) is 0 Å². The maximum atomic E-state index is 6.00. The Balaban J connectivity index is 2.19. The van der Waals surface area contributed by atoms with Gasteiger partial charge in [-0.05, 0) is 56.6 Å². The van der Waals surface area contributed by atoms with Gasteiger partial charge in [0.2, 0.25) is 0 Å². The first-order valence-corrected chi connectivity index (χ1v) is 6.46. The average Bonchev–Trinajstić information content (AvgIpc) is 2.66. The van der Waals surface area contributed by atoms with Crippen LogP contribution in [0.4, 0.5) is 0 Å². The van der Waals surface area contributed by atoms with Crippen LogP contribution in [0.5, 0.6) is 0 Å². The fourth-order valence-electron chi connectivity index (χ4n) is 2.02. The van der Waals surface area contributed by atoms with E-state index in [1.54, 1.807) is 0 Å². The molecule has 0 aliphatic carbocycles. The van der Waals surface area contributed by atoms with Crippen LogP contribution >= 0.6 is 11.6 Å². The Kier molecular flexibility index (Phi) is 4.10. The van der Waals surface area contributed by atoms with Gasteiger partial charge in [0.15, 0.2) is 0 Å². The van der Waals surface area contributed by atoms with E-state index in [0.29, 0.717) is 0 Å². The van der Waals surface area contributed by atoms with Crippen molar-refractivity contribution in [1.29, 1.82) is 0 Å². The lowest BCUT2D eigenvalue weighted by Crippen LogP contribution is -2.18. The van der Waals surface area contributed by atoms with Crippen molar-refractivity contribution in [3.63, 3.8) is 0 Å². The molecule has 2 rings (SSSR count). The number of hydrogen-bond donors (Lipinski definition) is 1. The molecular weight excluding hydrogens is 246 g/mol. The standard InChI is InChI=1S/C15H18ClNO/c1-10-7-15(18-11(10)2)14(17-3)9-12-5-4-6-13(16)8-12/h4-8,14,17H,9H2,1-3H3.